The van der Waals surface area contributed by atoms with Crippen LogP contribution in [-0.4, -0.2) is 22.8 Å². The summed E-state index contributed by atoms with van der Waals surface area (Å²) in [5.41, 5.74) is 1.32. The molecule has 86 valence electrons. The topological polar surface area (TPSA) is 9.23 Å². The van der Waals surface area contributed by atoms with Gasteiger partial charge in [0.2, 0.25) is 4.20 Å². The van der Waals surface area contributed by atoms with Gasteiger partial charge in [-0.15, -0.1) is 0 Å². The predicted octanol–water partition coefficient (Wildman–Crippen LogP) is 2.98. The van der Waals surface area contributed by atoms with E-state index in [1.165, 1.54) is 29.9 Å². The second-order valence-corrected chi connectivity index (χ2v) is 6.37. The van der Waals surface area contributed by atoms with Crippen LogP contribution in [0.1, 0.15) is 18.4 Å². The van der Waals surface area contributed by atoms with Crippen molar-refractivity contribution in [2.24, 2.45) is 0 Å². The number of thioether (sulfide) groups is 1. The van der Waals surface area contributed by atoms with Crippen molar-refractivity contribution in [1.82, 2.24) is 0 Å². The van der Waals surface area contributed by atoms with E-state index in [2.05, 4.69) is 12.1 Å². The zero-order valence-corrected chi connectivity index (χ0v) is 11.2. The maximum Gasteiger partial charge on any atom is 0.234 e. The van der Waals surface area contributed by atoms with E-state index >= 15 is 0 Å². The molecule has 0 fully saturated rings. The number of para-hydroxylation sites is 1. The van der Waals surface area contributed by atoms with Crippen LogP contribution < -0.4 is 4.74 Å². The van der Waals surface area contributed by atoms with Gasteiger partial charge in [-0.25, -0.2) is 0 Å². The van der Waals surface area contributed by atoms with Gasteiger partial charge in [0.15, 0.2) is 17.1 Å². The average Bonchev–Trinajstić information content (AvgIpc) is 2.38. The molecule has 0 saturated carbocycles. The third-order valence-corrected chi connectivity index (χ3v) is 5.35. The van der Waals surface area contributed by atoms with Gasteiger partial charge in [0.25, 0.3) is 0 Å². The van der Waals surface area contributed by atoms with Crippen molar-refractivity contribution >= 4 is 27.3 Å². The number of rotatable bonds is 4. The number of benzene rings is 1. The van der Waals surface area contributed by atoms with Crippen LogP contribution in [0.15, 0.2) is 24.3 Å². The molecule has 1 aromatic rings. The molecule has 0 aliphatic carbocycles. The normalized spacial score (nSPS) is 15.7. The van der Waals surface area contributed by atoms with Crippen LogP contribution in [0.4, 0.5) is 0 Å². The summed E-state index contributed by atoms with van der Waals surface area (Å²) in [6.45, 7) is 0. The number of hydrogen-bond acceptors (Lipinski definition) is 2. The Morgan fingerprint density at radius 2 is 2.19 bits per heavy atom. The average molecular weight is 253 g/mol. The van der Waals surface area contributed by atoms with Crippen molar-refractivity contribution < 1.29 is 4.74 Å². The Morgan fingerprint density at radius 1 is 1.31 bits per heavy atom. The Bertz CT molecular complexity index is 374. The number of hydrogen-bond donors (Lipinski definition) is 0. The summed E-state index contributed by atoms with van der Waals surface area (Å²) in [6, 6.07) is 8.32. The highest BCUT2D eigenvalue weighted by Crippen LogP contribution is 2.21. The Morgan fingerprint density at radius 3 is 2.94 bits per heavy atom. The fourth-order valence-corrected chi connectivity index (χ4v) is 4.30. The van der Waals surface area contributed by atoms with Crippen LogP contribution in [0.25, 0.3) is 0 Å². The van der Waals surface area contributed by atoms with Gasteiger partial charge in [0.1, 0.15) is 5.75 Å². The molecule has 0 bridgehead atoms. The van der Waals surface area contributed by atoms with Gasteiger partial charge in [-0.2, -0.15) is 0 Å². The molecule has 1 heterocycles. The number of ether oxygens (including phenoxy) is 1. The van der Waals surface area contributed by atoms with Crippen molar-refractivity contribution in [3.8, 4) is 5.75 Å². The molecule has 1 aliphatic rings. The van der Waals surface area contributed by atoms with E-state index in [0.29, 0.717) is 0 Å². The third-order valence-electron chi connectivity index (χ3n) is 2.61. The van der Waals surface area contributed by atoms with E-state index in [0.717, 1.165) is 12.2 Å². The van der Waals surface area contributed by atoms with E-state index < -0.39 is 0 Å². The molecule has 1 nitrogen and oxygen atoms in total. The van der Waals surface area contributed by atoms with Gasteiger partial charge in [-0.3, -0.25) is 0 Å². The van der Waals surface area contributed by atoms with Crippen molar-refractivity contribution in [2.45, 2.75) is 19.3 Å². The Hall–Kier alpha value is -0.540. The summed E-state index contributed by atoms with van der Waals surface area (Å²) < 4.78 is 6.96. The molecule has 0 N–H and O–H groups in total. The molecule has 1 aromatic carbocycles. The van der Waals surface area contributed by atoms with Gasteiger partial charge in [0, 0.05) is 18.6 Å². The monoisotopic (exact) mass is 253 g/mol. The Labute approximate surface area is 106 Å². The molecule has 0 radical (unpaired) electrons. The smallest absolute Gasteiger partial charge is 0.234 e. The van der Waals surface area contributed by atoms with E-state index in [4.69, 9.17) is 4.74 Å². The first kappa shape index (κ1) is 11.9. The molecule has 0 atom stereocenters. The Kier molecular flexibility index (Phi) is 4.67. The second kappa shape index (κ2) is 6.26. The minimum Gasteiger partial charge on any atom is -0.496 e. The largest absolute Gasteiger partial charge is 0.496 e. The molecule has 1 aliphatic heterocycles. The Balaban J connectivity index is 1.96. The molecular formula is C13H17OS2+. The first-order valence-electron chi connectivity index (χ1n) is 5.63. The fourth-order valence-electron chi connectivity index (χ4n) is 1.76. The summed E-state index contributed by atoms with van der Waals surface area (Å²) in [7, 11) is 1.75. The molecule has 0 unspecified atom stereocenters. The first-order chi connectivity index (χ1) is 7.90. The lowest BCUT2D eigenvalue weighted by Gasteiger charge is -2.07. The van der Waals surface area contributed by atoms with Crippen molar-refractivity contribution in [3.63, 3.8) is 0 Å². The van der Waals surface area contributed by atoms with Crippen molar-refractivity contribution in [2.75, 3.05) is 18.6 Å². The number of methoxy groups -OCH3 is 1. The zero-order valence-electron chi connectivity index (χ0n) is 9.57. The maximum atomic E-state index is 5.36. The van der Waals surface area contributed by atoms with E-state index in [9.17, 15) is 0 Å². The minimum atomic E-state index is 1.02. The van der Waals surface area contributed by atoms with Crippen LogP contribution in [0, 0.1) is 0 Å². The van der Waals surface area contributed by atoms with E-state index in [1.807, 2.05) is 35.2 Å². The van der Waals surface area contributed by atoms with Gasteiger partial charge in [0.05, 0.1) is 7.11 Å². The summed E-state index contributed by atoms with van der Waals surface area (Å²) in [5, 5.41) is 0. The molecule has 0 spiro atoms. The third kappa shape index (κ3) is 3.22. The highest BCUT2D eigenvalue weighted by molar-refractivity contribution is 8.22. The first-order valence-corrected chi connectivity index (χ1v) is 7.60. The predicted molar refractivity (Wildman–Crippen MR) is 75.6 cm³/mol. The minimum absolute atomic E-state index is 1.02. The van der Waals surface area contributed by atoms with Crippen LogP contribution in [0.3, 0.4) is 0 Å². The zero-order chi connectivity index (χ0) is 11.2. The molecule has 2 rings (SSSR count). The molecular weight excluding hydrogens is 236 g/mol. The lowest BCUT2D eigenvalue weighted by atomic mass is 10.1. The van der Waals surface area contributed by atoms with Crippen LogP contribution in [-0.2, 0) is 17.8 Å². The van der Waals surface area contributed by atoms with Gasteiger partial charge >= 0.3 is 0 Å². The highest BCUT2D eigenvalue weighted by Gasteiger charge is 2.17. The summed E-state index contributed by atoms with van der Waals surface area (Å²) in [5.74, 6) is 3.62. The molecule has 0 aromatic heterocycles. The van der Waals surface area contributed by atoms with Crippen molar-refractivity contribution in [1.29, 1.82) is 0 Å². The molecule has 0 amide bonds. The quantitative estimate of drug-likeness (QED) is 0.602. The summed E-state index contributed by atoms with van der Waals surface area (Å²) in [6.07, 6.45) is 3.63. The van der Waals surface area contributed by atoms with Gasteiger partial charge in [-0.05, 0) is 18.1 Å². The molecule has 16 heavy (non-hydrogen) atoms. The SMILES string of the molecule is COc1ccccc1CCC1=[S+]CCCS1. The van der Waals surface area contributed by atoms with Gasteiger partial charge in [-0.1, -0.05) is 30.0 Å². The fraction of sp³-hybridized carbons (Fsp3) is 0.462. The van der Waals surface area contributed by atoms with Crippen LogP contribution >= 0.6 is 11.8 Å². The van der Waals surface area contributed by atoms with Crippen molar-refractivity contribution in [3.05, 3.63) is 29.8 Å². The van der Waals surface area contributed by atoms with Crippen LogP contribution in [0.2, 0.25) is 0 Å². The number of aryl methyl sites for hydroxylation is 1. The molecule has 3 heteroatoms. The van der Waals surface area contributed by atoms with Crippen LogP contribution in [0.5, 0.6) is 5.75 Å². The summed E-state index contributed by atoms with van der Waals surface area (Å²) >= 11 is 4.07. The summed E-state index contributed by atoms with van der Waals surface area (Å²) in [4.78, 5) is 0. The van der Waals surface area contributed by atoms with Gasteiger partial charge < -0.3 is 4.74 Å². The lowest BCUT2D eigenvalue weighted by Crippen LogP contribution is -2.07. The second-order valence-electron chi connectivity index (χ2n) is 3.73. The van der Waals surface area contributed by atoms with E-state index in [1.54, 1.807) is 11.3 Å². The molecule has 0 saturated heterocycles. The highest BCUT2D eigenvalue weighted by atomic mass is 32.2. The maximum absolute atomic E-state index is 5.36. The lowest BCUT2D eigenvalue weighted by molar-refractivity contribution is 0.410. The standard InChI is InChI=1S/C13H17OS2/c1-14-12-6-3-2-5-11(12)7-8-13-15-9-4-10-16-13/h2-3,5-6H,4,7-10H2,1H3/q+1. The van der Waals surface area contributed by atoms with E-state index in [-0.39, 0.29) is 0 Å².